The van der Waals surface area contributed by atoms with Gasteiger partial charge in [-0.15, -0.1) is 0 Å². The maximum absolute atomic E-state index is 15.5. The summed E-state index contributed by atoms with van der Waals surface area (Å²) in [4.78, 5) is 0. The fourth-order valence-electron chi connectivity index (χ4n) is 9.12. The predicted molar refractivity (Wildman–Crippen MR) is 185 cm³/mol. The van der Waals surface area contributed by atoms with Crippen LogP contribution in [-0.4, -0.2) is 6.61 Å². The molecule has 0 atom stereocenters. The Hall–Kier alpha value is -1.83. The van der Waals surface area contributed by atoms with Crippen LogP contribution < -0.4 is 4.74 Å². The average Bonchev–Trinajstić information content (AvgIpc) is 3.07. The zero-order chi connectivity index (χ0) is 30.6. The molecule has 3 fully saturated rings. The van der Waals surface area contributed by atoms with E-state index in [2.05, 4.69) is 50.2 Å². The summed E-state index contributed by atoms with van der Waals surface area (Å²) in [5, 5.41) is 0. The standard InChI is InChI=1S/C42H63FO/c1-3-5-7-8-9-10-11-32-12-14-37(15-13-32)39-26-29-41(42(43)31-39)38-22-20-35(21-23-38)33-16-18-34(19-17-33)36-24-27-40(28-25-36)44-30-6-4-2/h24-29,31-35,37-38H,3-23,30H2,1-2H3. The van der Waals surface area contributed by atoms with E-state index in [4.69, 9.17) is 4.74 Å². The van der Waals surface area contributed by atoms with Crippen molar-refractivity contribution in [2.75, 3.05) is 6.61 Å². The van der Waals surface area contributed by atoms with Gasteiger partial charge >= 0.3 is 0 Å². The number of benzene rings is 2. The lowest BCUT2D eigenvalue weighted by molar-refractivity contribution is 0.176. The molecule has 0 spiro atoms. The molecule has 3 saturated carbocycles. The lowest BCUT2D eigenvalue weighted by Gasteiger charge is -2.38. The Morgan fingerprint density at radius 2 is 1.11 bits per heavy atom. The van der Waals surface area contributed by atoms with Crippen LogP contribution in [0.15, 0.2) is 42.5 Å². The van der Waals surface area contributed by atoms with Gasteiger partial charge < -0.3 is 4.74 Å². The summed E-state index contributed by atoms with van der Waals surface area (Å²) in [7, 11) is 0. The van der Waals surface area contributed by atoms with Gasteiger partial charge in [-0.2, -0.15) is 0 Å². The van der Waals surface area contributed by atoms with Crippen LogP contribution in [0.1, 0.15) is 183 Å². The van der Waals surface area contributed by atoms with Crippen molar-refractivity contribution < 1.29 is 9.13 Å². The highest BCUT2D eigenvalue weighted by Gasteiger charge is 2.32. The van der Waals surface area contributed by atoms with Crippen LogP contribution >= 0.6 is 0 Å². The molecule has 0 amide bonds. The third-order valence-corrected chi connectivity index (χ3v) is 12.1. The Balaban J connectivity index is 1.01. The molecule has 0 unspecified atom stereocenters. The molecule has 3 aliphatic carbocycles. The minimum atomic E-state index is 0.0856. The van der Waals surface area contributed by atoms with Gasteiger partial charge in [0, 0.05) is 0 Å². The first-order valence-corrected chi connectivity index (χ1v) is 19.2. The van der Waals surface area contributed by atoms with Crippen molar-refractivity contribution in [1.82, 2.24) is 0 Å². The van der Waals surface area contributed by atoms with Crippen molar-refractivity contribution in [1.29, 1.82) is 0 Å². The first-order valence-electron chi connectivity index (χ1n) is 19.2. The van der Waals surface area contributed by atoms with Gasteiger partial charge in [-0.25, -0.2) is 4.39 Å². The number of unbranched alkanes of at least 4 members (excludes halogenated alkanes) is 6. The molecule has 0 aromatic heterocycles. The Morgan fingerprint density at radius 3 is 1.75 bits per heavy atom. The predicted octanol–water partition coefficient (Wildman–Crippen LogP) is 13.3. The van der Waals surface area contributed by atoms with Gasteiger partial charge in [0.1, 0.15) is 11.6 Å². The summed E-state index contributed by atoms with van der Waals surface area (Å²) < 4.78 is 21.4. The van der Waals surface area contributed by atoms with Crippen molar-refractivity contribution >= 4 is 0 Å². The second-order valence-electron chi connectivity index (χ2n) is 15.0. The van der Waals surface area contributed by atoms with Crippen LogP contribution in [0.3, 0.4) is 0 Å². The minimum Gasteiger partial charge on any atom is -0.494 e. The molecule has 0 N–H and O–H groups in total. The molecule has 2 aromatic rings. The number of rotatable bonds is 15. The summed E-state index contributed by atoms with van der Waals surface area (Å²) in [5.74, 6) is 5.42. The molecule has 44 heavy (non-hydrogen) atoms. The Kier molecular flexibility index (Phi) is 13.5. The van der Waals surface area contributed by atoms with Crippen molar-refractivity contribution in [3.8, 4) is 5.75 Å². The molecule has 1 nitrogen and oxygen atoms in total. The summed E-state index contributed by atoms with van der Waals surface area (Å²) in [6.45, 7) is 5.32. The van der Waals surface area contributed by atoms with E-state index < -0.39 is 0 Å². The molecule has 0 saturated heterocycles. The molecule has 0 aliphatic heterocycles. The summed E-state index contributed by atoms with van der Waals surface area (Å²) in [6.07, 6.45) is 27.6. The zero-order valence-electron chi connectivity index (χ0n) is 28.3. The number of ether oxygens (including phenoxy) is 1. The maximum atomic E-state index is 15.5. The molecular formula is C42H63FO. The highest BCUT2D eigenvalue weighted by atomic mass is 19.1. The third-order valence-electron chi connectivity index (χ3n) is 12.1. The molecular weight excluding hydrogens is 539 g/mol. The van der Waals surface area contributed by atoms with Crippen LogP contribution in [0.25, 0.3) is 0 Å². The van der Waals surface area contributed by atoms with E-state index in [0.29, 0.717) is 17.8 Å². The van der Waals surface area contributed by atoms with Crippen molar-refractivity contribution in [3.05, 3.63) is 65.0 Å². The Bertz CT molecular complexity index is 1070. The van der Waals surface area contributed by atoms with Crippen molar-refractivity contribution in [2.24, 2.45) is 17.8 Å². The van der Waals surface area contributed by atoms with E-state index in [1.807, 2.05) is 6.07 Å². The fourth-order valence-corrected chi connectivity index (χ4v) is 9.12. The number of hydrogen-bond donors (Lipinski definition) is 0. The molecule has 244 valence electrons. The normalized spacial score (nSPS) is 27.7. The monoisotopic (exact) mass is 602 g/mol. The number of halogens is 1. The molecule has 0 radical (unpaired) electrons. The van der Waals surface area contributed by atoms with Crippen LogP contribution in [0.2, 0.25) is 0 Å². The topological polar surface area (TPSA) is 9.23 Å². The van der Waals surface area contributed by atoms with Gasteiger partial charge in [-0.1, -0.05) is 89.5 Å². The van der Waals surface area contributed by atoms with Gasteiger partial charge in [-0.3, -0.25) is 0 Å². The Morgan fingerprint density at radius 1 is 0.568 bits per heavy atom. The second kappa shape index (κ2) is 17.8. The first-order chi connectivity index (χ1) is 21.6. The van der Waals surface area contributed by atoms with Crippen molar-refractivity contribution in [3.63, 3.8) is 0 Å². The lowest BCUT2D eigenvalue weighted by Crippen LogP contribution is -2.25. The van der Waals surface area contributed by atoms with Crippen LogP contribution in [0.5, 0.6) is 5.75 Å². The quantitative estimate of drug-likeness (QED) is 0.184. The summed E-state index contributed by atoms with van der Waals surface area (Å²) in [6, 6.07) is 15.4. The molecule has 0 heterocycles. The van der Waals surface area contributed by atoms with E-state index in [-0.39, 0.29) is 5.82 Å². The molecule has 2 aromatic carbocycles. The van der Waals surface area contributed by atoms with E-state index in [0.717, 1.165) is 42.1 Å². The van der Waals surface area contributed by atoms with Gasteiger partial charge in [0.05, 0.1) is 6.61 Å². The van der Waals surface area contributed by atoms with Crippen molar-refractivity contribution in [2.45, 2.75) is 166 Å². The lowest BCUT2D eigenvalue weighted by atomic mass is 9.67. The largest absolute Gasteiger partial charge is 0.494 e. The Labute approximate surface area is 270 Å². The third kappa shape index (κ3) is 9.59. The SMILES string of the molecule is CCCCCCCCC1CCC(c2ccc(C3CCC(C4CCC(c5ccc(OCCCC)cc5)CC4)CC3)c(F)c2)CC1. The van der Waals surface area contributed by atoms with E-state index >= 15 is 4.39 Å². The zero-order valence-corrected chi connectivity index (χ0v) is 28.3. The first kappa shape index (κ1) is 33.5. The minimum absolute atomic E-state index is 0.0856. The summed E-state index contributed by atoms with van der Waals surface area (Å²) in [5.41, 5.74) is 3.78. The van der Waals surface area contributed by atoms with Crippen LogP contribution in [0, 0.1) is 23.6 Å². The van der Waals surface area contributed by atoms with Gasteiger partial charge in [0.25, 0.3) is 0 Å². The van der Waals surface area contributed by atoms with E-state index in [1.54, 1.807) is 0 Å². The average molecular weight is 603 g/mol. The second-order valence-corrected chi connectivity index (χ2v) is 15.0. The van der Waals surface area contributed by atoms with E-state index in [9.17, 15) is 0 Å². The fraction of sp³-hybridized carbons (Fsp3) is 0.714. The van der Waals surface area contributed by atoms with Crippen LogP contribution in [0.4, 0.5) is 4.39 Å². The van der Waals surface area contributed by atoms with Crippen LogP contribution in [-0.2, 0) is 0 Å². The molecule has 5 rings (SSSR count). The molecule has 3 aliphatic rings. The van der Waals surface area contributed by atoms with E-state index in [1.165, 1.54) is 140 Å². The number of hydrogen-bond acceptors (Lipinski definition) is 1. The molecule has 0 bridgehead atoms. The maximum Gasteiger partial charge on any atom is 0.126 e. The molecule has 2 heteroatoms. The highest BCUT2D eigenvalue weighted by Crippen LogP contribution is 2.46. The highest BCUT2D eigenvalue weighted by molar-refractivity contribution is 5.31. The van der Waals surface area contributed by atoms with Gasteiger partial charge in [0.2, 0.25) is 0 Å². The van der Waals surface area contributed by atoms with Gasteiger partial charge in [-0.05, 0) is 154 Å². The summed E-state index contributed by atoms with van der Waals surface area (Å²) >= 11 is 0. The smallest absolute Gasteiger partial charge is 0.126 e. The van der Waals surface area contributed by atoms with Gasteiger partial charge in [0.15, 0.2) is 0 Å².